The summed E-state index contributed by atoms with van der Waals surface area (Å²) in [4.78, 5) is 0. The summed E-state index contributed by atoms with van der Waals surface area (Å²) in [6, 6.07) is 0. The van der Waals surface area contributed by atoms with Crippen LogP contribution in [0.1, 0.15) is 52.4 Å². The molecule has 0 bridgehead atoms. The van der Waals surface area contributed by atoms with Crippen LogP contribution in [-0.2, 0) is 0 Å². The Hall–Kier alpha value is 0.660. The summed E-state index contributed by atoms with van der Waals surface area (Å²) in [5, 5.41) is 12.0. The first-order valence-electron chi connectivity index (χ1n) is 7.67. The number of rotatable bonds is 4. The molecular weight excluding hydrogens is 260 g/mol. The van der Waals surface area contributed by atoms with Gasteiger partial charge in [0.2, 0.25) is 0 Å². The van der Waals surface area contributed by atoms with Crippen molar-refractivity contribution in [2.45, 2.75) is 69.0 Å². The van der Waals surface area contributed by atoms with Crippen molar-refractivity contribution in [1.82, 2.24) is 0 Å². The highest BCUT2D eigenvalue weighted by atomic mass is 32.2. The van der Waals surface area contributed by atoms with E-state index in [2.05, 4.69) is 25.6 Å². The van der Waals surface area contributed by atoms with Crippen molar-refractivity contribution < 1.29 is 5.11 Å². The molecule has 0 amide bonds. The molecule has 0 aromatic rings. The second-order valence-corrected chi connectivity index (χ2v) is 8.48. The van der Waals surface area contributed by atoms with Crippen molar-refractivity contribution in [3.63, 3.8) is 0 Å². The number of hydrogen-bond donors (Lipinski definition) is 1. The SMILES string of the molecule is CCC1CCCC(C(O)C2SCCSC2CC)C1. The van der Waals surface area contributed by atoms with Gasteiger partial charge in [0.05, 0.1) is 6.10 Å². The van der Waals surface area contributed by atoms with Crippen molar-refractivity contribution >= 4 is 23.5 Å². The van der Waals surface area contributed by atoms with Gasteiger partial charge < -0.3 is 5.11 Å². The standard InChI is InChI=1S/C15H28OS2/c1-3-11-6-5-7-12(10-11)14(16)15-13(4-2)17-8-9-18-15/h11-16H,3-10H2,1-2H3. The zero-order chi connectivity index (χ0) is 13.0. The molecule has 2 fully saturated rings. The van der Waals surface area contributed by atoms with Gasteiger partial charge in [-0.15, -0.1) is 0 Å². The van der Waals surface area contributed by atoms with Crippen LogP contribution in [0.15, 0.2) is 0 Å². The molecule has 1 nitrogen and oxygen atoms in total. The average molecular weight is 289 g/mol. The average Bonchev–Trinajstić information content (AvgIpc) is 2.46. The lowest BCUT2D eigenvalue weighted by molar-refractivity contribution is 0.0655. The number of aliphatic hydroxyl groups is 1. The van der Waals surface area contributed by atoms with Crippen molar-refractivity contribution in [3.05, 3.63) is 0 Å². The summed E-state index contributed by atoms with van der Waals surface area (Å²) in [5.41, 5.74) is 0. The zero-order valence-electron chi connectivity index (χ0n) is 11.8. The van der Waals surface area contributed by atoms with Crippen LogP contribution >= 0.6 is 23.5 Å². The van der Waals surface area contributed by atoms with Gasteiger partial charge in [-0.05, 0) is 31.1 Å². The Morgan fingerprint density at radius 3 is 2.61 bits per heavy atom. The van der Waals surface area contributed by atoms with E-state index in [9.17, 15) is 5.11 Å². The molecule has 106 valence electrons. The van der Waals surface area contributed by atoms with E-state index in [0.29, 0.717) is 16.4 Å². The van der Waals surface area contributed by atoms with E-state index < -0.39 is 0 Å². The van der Waals surface area contributed by atoms with Gasteiger partial charge in [-0.1, -0.05) is 33.1 Å². The minimum absolute atomic E-state index is 0.0536. The van der Waals surface area contributed by atoms with E-state index in [4.69, 9.17) is 0 Å². The molecule has 1 saturated heterocycles. The fraction of sp³-hybridized carbons (Fsp3) is 1.00. The van der Waals surface area contributed by atoms with Crippen LogP contribution < -0.4 is 0 Å². The fourth-order valence-corrected chi connectivity index (χ4v) is 6.77. The molecule has 1 aliphatic heterocycles. The molecule has 2 rings (SSSR count). The van der Waals surface area contributed by atoms with Crippen molar-refractivity contribution in [1.29, 1.82) is 0 Å². The van der Waals surface area contributed by atoms with Crippen LogP contribution in [0.25, 0.3) is 0 Å². The van der Waals surface area contributed by atoms with E-state index in [1.807, 2.05) is 11.8 Å². The Bertz CT molecular complexity index is 247. The Morgan fingerprint density at radius 2 is 1.89 bits per heavy atom. The molecule has 18 heavy (non-hydrogen) atoms. The summed E-state index contributed by atoms with van der Waals surface area (Å²) in [5.74, 6) is 3.95. The van der Waals surface area contributed by atoms with Gasteiger partial charge >= 0.3 is 0 Å². The quantitative estimate of drug-likeness (QED) is 0.837. The van der Waals surface area contributed by atoms with Crippen molar-refractivity contribution in [2.75, 3.05) is 11.5 Å². The third kappa shape index (κ3) is 3.61. The third-order valence-corrected chi connectivity index (χ3v) is 8.07. The van der Waals surface area contributed by atoms with Gasteiger partial charge in [0.25, 0.3) is 0 Å². The van der Waals surface area contributed by atoms with Crippen LogP contribution in [0.5, 0.6) is 0 Å². The zero-order valence-corrected chi connectivity index (χ0v) is 13.4. The topological polar surface area (TPSA) is 20.2 Å². The molecule has 2 aliphatic rings. The predicted octanol–water partition coefficient (Wildman–Crippen LogP) is 4.19. The molecular formula is C15H28OS2. The Kier molecular flexibility index (Phi) is 6.23. The van der Waals surface area contributed by atoms with Crippen LogP contribution in [0.2, 0.25) is 0 Å². The summed E-state index contributed by atoms with van der Waals surface area (Å²) in [7, 11) is 0. The Balaban J connectivity index is 1.93. The van der Waals surface area contributed by atoms with Gasteiger partial charge in [0.1, 0.15) is 0 Å². The van der Waals surface area contributed by atoms with E-state index in [-0.39, 0.29) is 6.10 Å². The van der Waals surface area contributed by atoms with Crippen molar-refractivity contribution in [2.24, 2.45) is 11.8 Å². The lowest BCUT2D eigenvalue weighted by Gasteiger charge is -2.39. The summed E-state index contributed by atoms with van der Waals surface area (Å²) in [6.45, 7) is 4.58. The lowest BCUT2D eigenvalue weighted by atomic mass is 9.76. The highest BCUT2D eigenvalue weighted by Crippen LogP contribution is 2.41. The molecule has 0 radical (unpaired) electrons. The maximum Gasteiger partial charge on any atom is 0.0697 e. The fourth-order valence-electron chi connectivity index (χ4n) is 3.54. The smallest absolute Gasteiger partial charge is 0.0697 e. The van der Waals surface area contributed by atoms with Gasteiger partial charge in [-0.25, -0.2) is 0 Å². The molecule has 1 heterocycles. The number of aliphatic hydroxyl groups excluding tert-OH is 1. The molecule has 3 heteroatoms. The predicted molar refractivity (Wildman–Crippen MR) is 84.5 cm³/mol. The Labute approximate surface area is 121 Å². The van der Waals surface area contributed by atoms with Crippen molar-refractivity contribution in [3.8, 4) is 0 Å². The molecule has 0 aromatic carbocycles. The maximum absolute atomic E-state index is 10.8. The lowest BCUT2D eigenvalue weighted by Crippen LogP contribution is -2.42. The molecule has 1 aliphatic carbocycles. The first-order valence-corrected chi connectivity index (χ1v) is 9.77. The van der Waals surface area contributed by atoms with Crippen LogP contribution in [0.3, 0.4) is 0 Å². The summed E-state index contributed by atoms with van der Waals surface area (Å²) < 4.78 is 0. The highest BCUT2D eigenvalue weighted by molar-refractivity contribution is 8.07. The van der Waals surface area contributed by atoms with Crippen LogP contribution in [-0.4, -0.2) is 33.2 Å². The monoisotopic (exact) mass is 288 g/mol. The second-order valence-electron chi connectivity index (χ2n) is 5.84. The highest BCUT2D eigenvalue weighted by Gasteiger charge is 2.37. The summed E-state index contributed by atoms with van der Waals surface area (Å²) in [6.07, 6.45) is 7.72. The molecule has 0 aromatic heterocycles. The molecule has 1 saturated carbocycles. The van der Waals surface area contributed by atoms with Gasteiger partial charge in [0.15, 0.2) is 0 Å². The normalized spacial score (nSPS) is 39.5. The van der Waals surface area contributed by atoms with E-state index in [1.54, 1.807) is 0 Å². The molecule has 1 N–H and O–H groups in total. The second kappa shape index (κ2) is 7.44. The molecule has 5 atom stereocenters. The number of thioether (sulfide) groups is 2. The molecule has 0 spiro atoms. The molecule has 5 unspecified atom stereocenters. The van der Waals surface area contributed by atoms with E-state index >= 15 is 0 Å². The summed E-state index contributed by atoms with van der Waals surface area (Å²) >= 11 is 4.12. The van der Waals surface area contributed by atoms with Gasteiger partial charge in [0, 0.05) is 22.0 Å². The largest absolute Gasteiger partial charge is 0.392 e. The first kappa shape index (κ1) is 15.1. The maximum atomic E-state index is 10.8. The van der Waals surface area contributed by atoms with Crippen LogP contribution in [0, 0.1) is 11.8 Å². The Morgan fingerprint density at radius 1 is 1.11 bits per heavy atom. The minimum atomic E-state index is -0.0536. The van der Waals surface area contributed by atoms with Gasteiger partial charge in [-0.3, -0.25) is 0 Å². The van der Waals surface area contributed by atoms with Gasteiger partial charge in [-0.2, -0.15) is 23.5 Å². The minimum Gasteiger partial charge on any atom is -0.392 e. The number of hydrogen-bond acceptors (Lipinski definition) is 3. The van der Waals surface area contributed by atoms with E-state index in [0.717, 1.165) is 5.92 Å². The third-order valence-electron chi connectivity index (χ3n) is 4.71. The first-order chi connectivity index (χ1) is 8.76. The van der Waals surface area contributed by atoms with E-state index in [1.165, 1.54) is 50.0 Å². The van der Waals surface area contributed by atoms with Crippen LogP contribution in [0.4, 0.5) is 0 Å².